The van der Waals surface area contributed by atoms with E-state index >= 15 is 0 Å². The number of piperazine rings is 1. The Kier molecular flexibility index (Phi) is 5.16. The Bertz CT molecular complexity index is 473. The fourth-order valence-electron chi connectivity index (χ4n) is 2.37. The molecule has 1 N–H and O–H groups in total. The molecule has 1 aromatic carbocycles. The van der Waals surface area contributed by atoms with E-state index < -0.39 is 6.10 Å². The summed E-state index contributed by atoms with van der Waals surface area (Å²) < 4.78 is 0. The molecule has 1 aromatic rings. The molecule has 1 atom stereocenters. The highest BCUT2D eigenvalue weighted by Gasteiger charge is 2.26. The van der Waals surface area contributed by atoms with Crippen LogP contribution in [0.15, 0.2) is 30.3 Å². The third kappa shape index (κ3) is 3.60. The molecule has 1 heterocycles. The Morgan fingerprint density at radius 3 is 2.50 bits per heavy atom. The van der Waals surface area contributed by atoms with Crippen LogP contribution in [0.5, 0.6) is 0 Å². The lowest BCUT2D eigenvalue weighted by molar-refractivity contribution is -0.142. The predicted octanol–water partition coefficient (Wildman–Crippen LogP) is 0.887. The first kappa shape index (κ1) is 14.6. The van der Waals surface area contributed by atoms with Crippen LogP contribution in [0.2, 0.25) is 0 Å². The van der Waals surface area contributed by atoms with Crippen LogP contribution in [-0.2, 0) is 4.79 Å². The standard InChI is InChI=1S/C16H20N2O2/c1-2-3-9-17-10-12-18(13-11-17)16(20)15(19)14-7-5-4-6-8-14/h1,4-8,15,19H,3,9-13H2. The Balaban J connectivity index is 1.87. The van der Waals surface area contributed by atoms with Crippen LogP contribution in [0.4, 0.5) is 0 Å². The van der Waals surface area contributed by atoms with Crippen molar-refractivity contribution in [2.24, 2.45) is 0 Å². The molecule has 1 unspecified atom stereocenters. The van der Waals surface area contributed by atoms with E-state index in [4.69, 9.17) is 6.42 Å². The first-order valence-electron chi connectivity index (χ1n) is 6.90. The fourth-order valence-corrected chi connectivity index (χ4v) is 2.37. The number of aliphatic hydroxyl groups excluding tert-OH is 1. The highest BCUT2D eigenvalue weighted by Crippen LogP contribution is 2.16. The van der Waals surface area contributed by atoms with Crippen molar-refractivity contribution in [1.29, 1.82) is 0 Å². The highest BCUT2D eigenvalue weighted by atomic mass is 16.3. The van der Waals surface area contributed by atoms with Gasteiger partial charge in [-0.05, 0) is 5.56 Å². The molecule has 1 amide bonds. The molecule has 0 aromatic heterocycles. The molecule has 2 rings (SSSR count). The first-order chi connectivity index (χ1) is 9.72. The van der Waals surface area contributed by atoms with Gasteiger partial charge in [0.05, 0.1) is 0 Å². The van der Waals surface area contributed by atoms with Gasteiger partial charge >= 0.3 is 0 Å². The summed E-state index contributed by atoms with van der Waals surface area (Å²) in [4.78, 5) is 16.2. The number of benzene rings is 1. The summed E-state index contributed by atoms with van der Waals surface area (Å²) in [6, 6.07) is 9.05. The van der Waals surface area contributed by atoms with Gasteiger partial charge in [-0.25, -0.2) is 0 Å². The van der Waals surface area contributed by atoms with Crippen LogP contribution >= 0.6 is 0 Å². The van der Waals surface area contributed by atoms with Crippen LogP contribution < -0.4 is 0 Å². The number of amides is 1. The van der Waals surface area contributed by atoms with Crippen LogP contribution in [0.3, 0.4) is 0 Å². The van der Waals surface area contributed by atoms with Crippen molar-refractivity contribution in [3.8, 4) is 12.3 Å². The third-order valence-electron chi connectivity index (χ3n) is 3.61. The number of aliphatic hydroxyl groups is 1. The molecular formula is C16H20N2O2. The van der Waals surface area contributed by atoms with Crippen molar-refractivity contribution in [3.05, 3.63) is 35.9 Å². The average molecular weight is 272 g/mol. The van der Waals surface area contributed by atoms with E-state index in [-0.39, 0.29) is 5.91 Å². The largest absolute Gasteiger partial charge is 0.378 e. The predicted molar refractivity (Wildman–Crippen MR) is 77.9 cm³/mol. The lowest BCUT2D eigenvalue weighted by Crippen LogP contribution is -2.50. The van der Waals surface area contributed by atoms with E-state index in [0.29, 0.717) is 18.7 Å². The molecule has 4 heteroatoms. The molecule has 1 aliphatic heterocycles. The van der Waals surface area contributed by atoms with Gasteiger partial charge in [0.25, 0.3) is 5.91 Å². The zero-order valence-corrected chi connectivity index (χ0v) is 11.5. The van der Waals surface area contributed by atoms with E-state index in [0.717, 1.165) is 26.1 Å². The van der Waals surface area contributed by atoms with Crippen LogP contribution in [-0.4, -0.2) is 53.5 Å². The molecule has 0 spiro atoms. The number of hydrogen-bond donors (Lipinski definition) is 1. The normalized spacial score (nSPS) is 17.5. The first-order valence-corrected chi connectivity index (χ1v) is 6.90. The van der Waals surface area contributed by atoms with E-state index in [1.165, 1.54) is 0 Å². The van der Waals surface area contributed by atoms with E-state index in [2.05, 4.69) is 10.8 Å². The smallest absolute Gasteiger partial charge is 0.256 e. The summed E-state index contributed by atoms with van der Waals surface area (Å²) in [6.45, 7) is 3.80. The molecule has 20 heavy (non-hydrogen) atoms. The molecule has 1 saturated heterocycles. The lowest BCUT2D eigenvalue weighted by Gasteiger charge is -2.35. The Hall–Kier alpha value is -1.83. The number of nitrogens with zero attached hydrogens (tertiary/aromatic N) is 2. The SMILES string of the molecule is C#CCCN1CCN(C(=O)C(O)c2ccccc2)CC1. The van der Waals surface area contributed by atoms with Gasteiger partial charge in [-0.2, -0.15) is 0 Å². The van der Waals surface area contributed by atoms with E-state index in [1.54, 1.807) is 17.0 Å². The Morgan fingerprint density at radius 2 is 1.90 bits per heavy atom. The van der Waals surface area contributed by atoms with E-state index in [1.807, 2.05) is 18.2 Å². The van der Waals surface area contributed by atoms with Crippen LogP contribution in [0.1, 0.15) is 18.1 Å². The van der Waals surface area contributed by atoms with Crippen molar-refractivity contribution in [3.63, 3.8) is 0 Å². The molecule has 0 radical (unpaired) electrons. The van der Waals surface area contributed by atoms with Gasteiger partial charge in [0, 0.05) is 39.1 Å². The summed E-state index contributed by atoms with van der Waals surface area (Å²) >= 11 is 0. The molecule has 106 valence electrons. The van der Waals surface area contributed by atoms with Crippen molar-refractivity contribution in [1.82, 2.24) is 9.80 Å². The van der Waals surface area contributed by atoms with Crippen LogP contribution in [0, 0.1) is 12.3 Å². The minimum atomic E-state index is -1.06. The van der Waals surface area contributed by atoms with Crippen molar-refractivity contribution in [2.45, 2.75) is 12.5 Å². The second kappa shape index (κ2) is 7.09. The number of hydrogen-bond acceptors (Lipinski definition) is 3. The molecular weight excluding hydrogens is 252 g/mol. The maximum atomic E-state index is 12.2. The second-order valence-corrected chi connectivity index (χ2v) is 4.93. The van der Waals surface area contributed by atoms with Gasteiger partial charge in [-0.15, -0.1) is 12.3 Å². The van der Waals surface area contributed by atoms with Gasteiger partial charge in [-0.3, -0.25) is 9.69 Å². The van der Waals surface area contributed by atoms with Gasteiger partial charge in [-0.1, -0.05) is 30.3 Å². The molecule has 0 aliphatic carbocycles. The minimum Gasteiger partial charge on any atom is -0.378 e. The number of rotatable bonds is 4. The Morgan fingerprint density at radius 1 is 1.25 bits per heavy atom. The number of terminal acetylenes is 1. The van der Waals surface area contributed by atoms with Crippen molar-refractivity contribution < 1.29 is 9.90 Å². The topological polar surface area (TPSA) is 43.8 Å². The van der Waals surface area contributed by atoms with Gasteiger partial charge in [0.15, 0.2) is 6.10 Å². The molecule has 4 nitrogen and oxygen atoms in total. The molecule has 0 bridgehead atoms. The zero-order valence-electron chi connectivity index (χ0n) is 11.5. The fraction of sp³-hybridized carbons (Fsp3) is 0.438. The quantitative estimate of drug-likeness (QED) is 0.828. The summed E-state index contributed by atoms with van der Waals surface area (Å²) in [5, 5.41) is 10.1. The zero-order chi connectivity index (χ0) is 14.4. The average Bonchev–Trinajstić information content (AvgIpc) is 2.53. The third-order valence-corrected chi connectivity index (χ3v) is 3.61. The summed E-state index contributed by atoms with van der Waals surface area (Å²) in [6.07, 6.45) is 4.93. The summed E-state index contributed by atoms with van der Waals surface area (Å²) in [5.41, 5.74) is 0.646. The molecule has 1 aliphatic rings. The maximum absolute atomic E-state index is 12.2. The summed E-state index contributed by atoms with van der Waals surface area (Å²) in [5.74, 6) is 2.41. The Labute approximate surface area is 120 Å². The van der Waals surface area contributed by atoms with Gasteiger partial charge in [0.2, 0.25) is 0 Å². The van der Waals surface area contributed by atoms with Gasteiger partial charge < -0.3 is 10.0 Å². The summed E-state index contributed by atoms with van der Waals surface area (Å²) in [7, 11) is 0. The van der Waals surface area contributed by atoms with E-state index in [9.17, 15) is 9.90 Å². The van der Waals surface area contributed by atoms with Gasteiger partial charge in [0.1, 0.15) is 0 Å². The van der Waals surface area contributed by atoms with Crippen molar-refractivity contribution in [2.75, 3.05) is 32.7 Å². The second-order valence-electron chi connectivity index (χ2n) is 4.93. The maximum Gasteiger partial charge on any atom is 0.256 e. The number of carbonyl (C=O) groups is 1. The van der Waals surface area contributed by atoms with Crippen LogP contribution in [0.25, 0.3) is 0 Å². The molecule has 0 saturated carbocycles. The molecule has 1 fully saturated rings. The minimum absolute atomic E-state index is 0.215. The monoisotopic (exact) mass is 272 g/mol. The number of carbonyl (C=O) groups excluding carboxylic acids is 1. The van der Waals surface area contributed by atoms with Crippen molar-refractivity contribution >= 4 is 5.91 Å². The lowest BCUT2D eigenvalue weighted by atomic mass is 10.1. The highest BCUT2D eigenvalue weighted by molar-refractivity contribution is 5.82.